The van der Waals surface area contributed by atoms with E-state index < -0.39 is 0 Å². The first-order chi connectivity index (χ1) is 11.1. The van der Waals surface area contributed by atoms with Crippen LogP contribution in [0.3, 0.4) is 0 Å². The van der Waals surface area contributed by atoms with Crippen LogP contribution >= 0.6 is 0 Å². The van der Waals surface area contributed by atoms with Crippen molar-refractivity contribution >= 4 is 5.91 Å². The lowest BCUT2D eigenvalue weighted by Gasteiger charge is -2.37. The van der Waals surface area contributed by atoms with Gasteiger partial charge in [-0.1, -0.05) is 6.92 Å². The first-order valence-corrected chi connectivity index (χ1v) is 8.24. The van der Waals surface area contributed by atoms with Gasteiger partial charge in [-0.05, 0) is 44.2 Å². The maximum absolute atomic E-state index is 12.7. The number of hydrogen-bond donors (Lipinski definition) is 0. The van der Waals surface area contributed by atoms with Crippen LogP contribution in [0.5, 0.6) is 0 Å². The van der Waals surface area contributed by atoms with E-state index in [0.717, 1.165) is 36.6 Å². The highest BCUT2D eigenvalue weighted by atomic mass is 16.3. The molecule has 2 aromatic rings. The molecular weight excluding hydrogens is 290 g/mol. The zero-order valence-electron chi connectivity index (χ0n) is 13.7. The standard InChI is InChI=1S/C18H23N3O2/c1-13-7-10-21(16(11-13)17-5-3-14(2)23-17)18(22)6-4-15-12-19-8-9-20-15/h3,5,8-9,12-13,16H,4,6-7,10-11H2,1-2H3. The SMILES string of the molecule is Cc1ccc(C2CC(C)CCN2C(=O)CCc2cnccn2)o1. The molecule has 0 aromatic carbocycles. The molecule has 5 nitrogen and oxygen atoms in total. The maximum Gasteiger partial charge on any atom is 0.223 e. The molecule has 0 N–H and O–H groups in total. The predicted octanol–water partition coefficient (Wildman–Crippen LogP) is 3.31. The van der Waals surface area contributed by atoms with E-state index in [0.29, 0.717) is 18.8 Å². The van der Waals surface area contributed by atoms with Crippen molar-refractivity contribution < 1.29 is 9.21 Å². The summed E-state index contributed by atoms with van der Waals surface area (Å²) in [6, 6.07) is 4.03. The summed E-state index contributed by atoms with van der Waals surface area (Å²) in [5, 5.41) is 0. The number of carbonyl (C=O) groups excluding carboxylic acids is 1. The second-order valence-electron chi connectivity index (χ2n) is 6.38. The molecule has 1 saturated heterocycles. The van der Waals surface area contributed by atoms with Gasteiger partial charge >= 0.3 is 0 Å². The van der Waals surface area contributed by atoms with Gasteiger partial charge in [0, 0.05) is 31.6 Å². The number of aryl methyl sites for hydroxylation is 2. The minimum absolute atomic E-state index is 0.0572. The van der Waals surface area contributed by atoms with Gasteiger partial charge in [-0.2, -0.15) is 0 Å². The lowest BCUT2D eigenvalue weighted by atomic mass is 9.90. The molecule has 2 atom stereocenters. The van der Waals surface area contributed by atoms with Crippen LogP contribution in [-0.4, -0.2) is 27.3 Å². The molecule has 23 heavy (non-hydrogen) atoms. The molecule has 0 spiro atoms. The highest BCUT2D eigenvalue weighted by Crippen LogP contribution is 2.35. The van der Waals surface area contributed by atoms with Crippen molar-refractivity contribution in [1.29, 1.82) is 0 Å². The van der Waals surface area contributed by atoms with Crippen LogP contribution in [0, 0.1) is 12.8 Å². The van der Waals surface area contributed by atoms with Gasteiger partial charge in [0.05, 0.1) is 11.7 Å². The normalized spacial score (nSPS) is 21.4. The van der Waals surface area contributed by atoms with Crippen LogP contribution in [0.25, 0.3) is 0 Å². The monoisotopic (exact) mass is 313 g/mol. The zero-order valence-corrected chi connectivity index (χ0v) is 13.7. The topological polar surface area (TPSA) is 59.2 Å². The minimum atomic E-state index is 0.0572. The summed E-state index contributed by atoms with van der Waals surface area (Å²) in [6.07, 6.45) is 8.13. The highest BCUT2D eigenvalue weighted by Gasteiger charge is 2.32. The predicted molar refractivity (Wildman–Crippen MR) is 86.7 cm³/mol. The first-order valence-electron chi connectivity index (χ1n) is 8.24. The molecule has 2 unspecified atom stereocenters. The molecule has 0 radical (unpaired) electrons. The van der Waals surface area contributed by atoms with Gasteiger partial charge < -0.3 is 9.32 Å². The number of nitrogens with zero attached hydrogens (tertiary/aromatic N) is 3. The zero-order chi connectivity index (χ0) is 16.2. The largest absolute Gasteiger partial charge is 0.464 e. The van der Waals surface area contributed by atoms with Gasteiger partial charge in [0.2, 0.25) is 5.91 Å². The van der Waals surface area contributed by atoms with Gasteiger partial charge in [-0.15, -0.1) is 0 Å². The van der Waals surface area contributed by atoms with Crippen LogP contribution in [0.1, 0.15) is 49.4 Å². The molecule has 2 aromatic heterocycles. The van der Waals surface area contributed by atoms with E-state index in [1.54, 1.807) is 18.6 Å². The summed E-state index contributed by atoms with van der Waals surface area (Å²) in [4.78, 5) is 23.0. The molecule has 122 valence electrons. The van der Waals surface area contributed by atoms with E-state index in [1.807, 2.05) is 24.0 Å². The molecule has 5 heteroatoms. The fourth-order valence-electron chi connectivity index (χ4n) is 3.18. The van der Waals surface area contributed by atoms with Crippen LogP contribution in [0.4, 0.5) is 0 Å². The van der Waals surface area contributed by atoms with Crippen LogP contribution in [0.2, 0.25) is 0 Å². The molecule has 0 aliphatic carbocycles. The number of carbonyl (C=O) groups is 1. The second kappa shape index (κ2) is 6.94. The highest BCUT2D eigenvalue weighted by molar-refractivity contribution is 5.77. The Hall–Kier alpha value is -2.17. The first kappa shape index (κ1) is 15.7. The van der Waals surface area contributed by atoms with Gasteiger partial charge in [-0.25, -0.2) is 0 Å². The number of furan rings is 1. The molecule has 1 amide bonds. The van der Waals surface area contributed by atoms with E-state index in [1.165, 1.54) is 0 Å². The van der Waals surface area contributed by atoms with Crippen LogP contribution < -0.4 is 0 Å². The average molecular weight is 313 g/mol. The van der Waals surface area contributed by atoms with Crippen molar-refractivity contribution in [3.63, 3.8) is 0 Å². The summed E-state index contributed by atoms with van der Waals surface area (Å²) in [7, 11) is 0. The van der Waals surface area contributed by atoms with Crippen molar-refractivity contribution in [2.24, 2.45) is 5.92 Å². The smallest absolute Gasteiger partial charge is 0.223 e. The average Bonchev–Trinajstić information content (AvgIpc) is 3.00. The summed E-state index contributed by atoms with van der Waals surface area (Å²) in [5.74, 6) is 2.57. The van der Waals surface area contributed by atoms with E-state index in [-0.39, 0.29) is 11.9 Å². The summed E-state index contributed by atoms with van der Waals surface area (Å²) in [5.41, 5.74) is 0.858. The Bertz CT molecular complexity index is 653. The van der Waals surface area contributed by atoms with Crippen molar-refractivity contribution in [3.05, 3.63) is 47.9 Å². The molecule has 0 saturated carbocycles. The molecule has 1 aliphatic rings. The third-order valence-electron chi connectivity index (χ3n) is 4.49. The van der Waals surface area contributed by atoms with Gasteiger partial charge in [0.25, 0.3) is 0 Å². The van der Waals surface area contributed by atoms with Crippen molar-refractivity contribution in [2.75, 3.05) is 6.54 Å². The van der Waals surface area contributed by atoms with Crippen molar-refractivity contribution in [1.82, 2.24) is 14.9 Å². The fourth-order valence-corrected chi connectivity index (χ4v) is 3.18. The summed E-state index contributed by atoms with van der Waals surface area (Å²) in [6.45, 7) is 4.98. The van der Waals surface area contributed by atoms with Gasteiger partial charge in [0.15, 0.2) is 0 Å². The Kier molecular flexibility index (Phi) is 4.74. The van der Waals surface area contributed by atoms with E-state index in [2.05, 4.69) is 16.9 Å². The molecule has 3 heterocycles. The summed E-state index contributed by atoms with van der Waals surface area (Å²) < 4.78 is 5.80. The Labute approximate surface area is 136 Å². The van der Waals surface area contributed by atoms with E-state index in [9.17, 15) is 4.79 Å². The number of piperidine rings is 1. The minimum Gasteiger partial charge on any atom is -0.464 e. The van der Waals surface area contributed by atoms with E-state index in [4.69, 9.17) is 4.42 Å². The lowest BCUT2D eigenvalue weighted by Crippen LogP contribution is -2.40. The molecule has 1 aliphatic heterocycles. The number of rotatable bonds is 4. The van der Waals surface area contributed by atoms with Gasteiger partial charge in [-0.3, -0.25) is 14.8 Å². The number of amides is 1. The number of aromatic nitrogens is 2. The van der Waals surface area contributed by atoms with Crippen molar-refractivity contribution in [2.45, 2.75) is 45.6 Å². The Balaban J connectivity index is 1.69. The third-order valence-corrected chi connectivity index (χ3v) is 4.49. The Morgan fingerprint density at radius 1 is 1.39 bits per heavy atom. The number of likely N-dealkylation sites (tertiary alicyclic amines) is 1. The molecular formula is C18H23N3O2. The lowest BCUT2D eigenvalue weighted by molar-refractivity contribution is -0.136. The maximum atomic E-state index is 12.7. The Morgan fingerprint density at radius 3 is 2.96 bits per heavy atom. The van der Waals surface area contributed by atoms with E-state index >= 15 is 0 Å². The van der Waals surface area contributed by atoms with Gasteiger partial charge in [0.1, 0.15) is 11.5 Å². The summed E-state index contributed by atoms with van der Waals surface area (Å²) >= 11 is 0. The van der Waals surface area contributed by atoms with Crippen molar-refractivity contribution in [3.8, 4) is 0 Å². The Morgan fingerprint density at radius 2 is 2.26 bits per heavy atom. The fraction of sp³-hybridized carbons (Fsp3) is 0.500. The number of hydrogen-bond acceptors (Lipinski definition) is 4. The molecule has 3 rings (SSSR count). The molecule has 1 fully saturated rings. The van der Waals surface area contributed by atoms with Crippen LogP contribution in [-0.2, 0) is 11.2 Å². The van der Waals surface area contributed by atoms with Crippen LogP contribution in [0.15, 0.2) is 35.1 Å². The quantitative estimate of drug-likeness (QED) is 0.869. The second-order valence-corrected chi connectivity index (χ2v) is 6.38. The molecule has 0 bridgehead atoms. The third kappa shape index (κ3) is 3.78.